The molecule has 1 heterocycles. The summed E-state index contributed by atoms with van der Waals surface area (Å²) in [7, 11) is 3.42. The Labute approximate surface area is 122 Å². The average Bonchev–Trinajstić information content (AvgIpc) is 2.46. The third kappa shape index (κ3) is 2.72. The Hall–Kier alpha value is -2.14. The van der Waals surface area contributed by atoms with Crippen LogP contribution in [0, 0.1) is 6.92 Å². The number of anilines is 2. The summed E-state index contributed by atoms with van der Waals surface area (Å²) >= 11 is 5.98. The van der Waals surface area contributed by atoms with E-state index < -0.39 is 0 Å². The molecule has 0 fully saturated rings. The van der Waals surface area contributed by atoms with Crippen molar-refractivity contribution in [3.8, 4) is 5.75 Å². The molecule has 0 N–H and O–H groups in total. The van der Waals surface area contributed by atoms with Gasteiger partial charge in [0.2, 0.25) is 0 Å². The first-order chi connectivity index (χ1) is 9.56. The number of aromatic nitrogens is 2. The molecule has 0 saturated carbocycles. The van der Waals surface area contributed by atoms with Gasteiger partial charge in [-0.05, 0) is 31.2 Å². The van der Waals surface area contributed by atoms with Gasteiger partial charge in [-0.2, -0.15) is 0 Å². The van der Waals surface area contributed by atoms with E-state index in [1.54, 1.807) is 18.9 Å². The largest absolute Gasteiger partial charge is 0.497 e. The second-order valence-corrected chi connectivity index (χ2v) is 4.53. The first-order valence-corrected chi connectivity index (χ1v) is 6.31. The average molecular weight is 292 g/mol. The summed E-state index contributed by atoms with van der Waals surface area (Å²) in [6, 6.07) is 7.42. The van der Waals surface area contributed by atoms with Crippen LogP contribution >= 0.6 is 11.6 Å². The van der Waals surface area contributed by atoms with E-state index in [1.807, 2.05) is 31.3 Å². The van der Waals surface area contributed by atoms with Crippen molar-refractivity contribution in [2.24, 2.45) is 0 Å². The monoisotopic (exact) mass is 291 g/mol. The van der Waals surface area contributed by atoms with Gasteiger partial charge in [0.25, 0.3) is 0 Å². The molecule has 0 saturated heterocycles. The number of benzene rings is 1. The van der Waals surface area contributed by atoms with Crippen molar-refractivity contribution in [1.82, 2.24) is 9.97 Å². The molecule has 2 rings (SSSR count). The highest BCUT2D eigenvalue weighted by molar-refractivity contribution is 6.32. The predicted molar refractivity (Wildman–Crippen MR) is 78.2 cm³/mol. The van der Waals surface area contributed by atoms with Gasteiger partial charge in [0, 0.05) is 12.7 Å². The van der Waals surface area contributed by atoms with E-state index >= 15 is 0 Å². The summed E-state index contributed by atoms with van der Waals surface area (Å²) in [5, 5.41) is 0.155. The summed E-state index contributed by atoms with van der Waals surface area (Å²) in [6.45, 7) is 1.73. The fourth-order valence-electron chi connectivity index (χ4n) is 1.82. The van der Waals surface area contributed by atoms with E-state index in [1.165, 1.54) is 0 Å². The number of carbonyl (C=O) groups excluding carboxylic acids is 1. The Morgan fingerprint density at radius 3 is 2.45 bits per heavy atom. The fraction of sp³-hybridized carbons (Fsp3) is 0.214. The highest BCUT2D eigenvalue weighted by Gasteiger charge is 2.16. The number of halogens is 1. The van der Waals surface area contributed by atoms with E-state index in [4.69, 9.17) is 16.3 Å². The van der Waals surface area contributed by atoms with Crippen molar-refractivity contribution in [2.75, 3.05) is 19.1 Å². The second kappa shape index (κ2) is 5.88. The Balaban J connectivity index is 2.46. The lowest BCUT2D eigenvalue weighted by molar-refractivity contribution is 0.112. The summed E-state index contributed by atoms with van der Waals surface area (Å²) in [6.07, 6.45) is 0.664. The Kier molecular flexibility index (Phi) is 4.20. The smallest absolute Gasteiger partial charge is 0.156 e. The van der Waals surface area contributed by atoms with Crippen LogP contribution in [0.15, 0.2) is 24.3 Å². The number of aldehydes is 1. The van der Waals surface area contributed by atoms with Crippen LogP contribution in [0.2, 0.25) is 5.15 Å². The first kappa shape index (κ1) is 14.3. The van der Waals surface area contributed by atoms with Crippen LogP contribution in [0.5, 0.6) is 5.75 Å². The van der Waals surface area contributed by atoms with Crippen molar-refractivity contribution >= 4 is 29.4 Å². The van der Waals surface area contributed by atoms with Crippen LogP contribution in [0.4, 0.5) is 11.5 Å². The molecular weight excluding hydrogens is 278 g/mol. The van der Waals surface area contributed by atoms with Crippen LogP contribution in [0.25, 0.3) is 0 Å². The molecule has 0 aliphatic heterocycles. The molecule has 1 aromatic heterocycles. The van der Waals surface area contributed by atoms with Gasteiger partial charge in [0.05, 0.1) is 12.7 Å². The van der Waals surface area contributed by atoms with Gasteiger partial charge < -0.3 is 9.64 Å². The standard InChI is InChI=1S/C14H14ClN3O2/c1-9-16-13(15)12(8-19)14(17-9)18(2)10-4-6-11(20-3)7-5-10/h4-8H,1-3H3. The molecule has 0 unspecified atom stereocenters. The number of methoxy groups -OCH3 is 1. The molecule has 5 nitrogen and oxygen atoms in total. The van der Waals surface area contributed by atoms with Crippen molar-refractivity contribution < 1.29 is 9.53 Å². The Morgan fingerprint density at radius 1 is 1.25 bits per heavy atom. The molecule has 0 atom stereocenters. The van der Waals surface area contributed by atoms with Gasteiger partial charge in [0.15, 0.2) is 6.29 Å². The molecule has 2 aromatic rings. The Bertz CT molecular complexity index is 629. The fourth-order valence-corrected chi connectivity index (χ4v) is 2.07. The maximum Gasteiger partial charge on any atom is 0.156 e. The number of aryl methyl sites for hydroxylation is 1. The minimum Gasteiger partial charge on any atom is -0.497 e. The molecule has 0 bridgehead atoms. The normalized spacial score (nSPS) is 10.2. The maximum absolute atomic E-state index is 11.2. The van der Waals surface area contributed by atoms with Gasteiger partial charge >= 0.3 is 0 Å². The lowest BCUT2D eigenvalue weighted by atomic mass is 10.2. The molecule has 20 heavy (non-hydrogen) atoms. The quantitative estimate of drug-likeness (QED) is 0.640. The molecule has 0 amide bonds. The van der Waals surface area contributed by atoms with Crippen LogP contribution in [-0.4, -0.2) is 30.4 Å². The third-order valence-electron chi connectivity index (χ3n) is 2.89. The number of hydrogen-bond donors (Lipinski definition) is 0. The number of nitrogens with zero attached hydrogens (tertiary/aromatic N) is 3. The molecule has 1 aromatic carbocycles. The Morgan fingerprint density at radius 2 is 1.90 bits per heavy atom. The second-order valence-electron chi connectivity index (χ2n) is 4.17. The van der Waals surface area contributed by atoms with Crippen molar-refractivity contribution in [3.63, 3.8) is 0 Å². The first-order valence-electron chi connectivity index (χ1n) is 5.94. The summed E-state index contributed by atoms with van der Waals surface area (Å²) < 4.78 is 5.12. The lowest BCUT2D eigenvalue weighted by Gasteiger charge is -2.20. The van der Waals surface area contributed by atoms with Gasteiger partial charge in [-0.3, -0.25) is 4.79 Å². The van der Waals surface area contributed by atoms with Crippen LogP contribution < -0.4 is 9.64 Å². The van der Waals surface area contributed by atoms with E-state index in [0.29, 0.717) is 17.9 Å². The zero-order chi connectivity index (χ0) is 14.7. The number of carbonyl (C=O) groups is 1. The van der Waals surface area contributed by atoms with E-state index in [2.05, 4.69) is 9.97 Å². The minimum atomic E-state index is 0.155. The minimum absolute atomic E-state index is 0.155. The summed E-state index contributed by atoms with van der Waals surface area (Å²) in [5.74, 6) is 1.74. The molecule has 6 heteroatoms. The zero-order valence-electron chi connectivity index (χ0n) is 11.4. The summed E-state index contributed by atoms with van der Waals surface area (Å²) in [5.41, 5.74) is 1.14. The SMILES string of the molecule is COc1ccc(N(C)c2nc(C)nc(Cl)c2C=O)cc1. The van der Waals surface area contributed by atoms with Gasteiger partial charge in [-0.1, -0.05) is 11.6 Å². The molecule has 0 spiro atoms. The van der Waals surface area contributed by atoms with Crippen molar-refractivity contribution in [2.45, 2.75) is 6.92 Å². The van der Waals surface area contributed by atoms with Gasteiger partial charge in [-0.15, -0.1) is 0 Å². The van der Waals surface area contributed by atoms with Gasteiger partial charge in [0.1, 0.15) is 22.5 Å². The highest BCUT2D eigenvalue weighted by Crippen LogP contribution is 2.28. The number of rotatable bonds is 4. The number of ether oxygens (including phenoxy) is 1. The molecule has 104 valence electrons. The lowest BCUT2D eigenvalue weighted by Crippen LogP contribution is -2.15. The zero-order valence-corrected chi connectivity index (χ0v) is 12.2. The van der Waals surface area contributed by atoms with Crippen LogP contribution in [-0.2, 0) is 0 Å². The van der Waals surface area contributed by atoms with Crippen LogP contribution in [0.3, 0.4) is 0 Å². The third-order valence-corrected chi connectivity index (χ3v) is 3.17. The highest BCUT2D eigenvalue weighted by atomic mass is 35.5. The van der Waals surface area contributed by atoms with E-state index in [9.17, 15) is 4.79 Å². The van der Waals surface area contributed by atoms with Crippen LogP contribution in [0.1, 0.15) is 16.2 Å². The maximum atomic E-state index is 11.2. The van der Waals surface area contributed by atoms with E-state index in [0.717, 1.165) is 11.4 Å². The molecular formula is C14H14ClN3O2. The van der Waals surface area contributed by atoms with Crippen molar-refractivity contribution in [1.29, 1.82) is 0 Å². The topological polar surface area (TPSA) is 55.3 Å². The molecule has 0 aliphatic rings. The predicted octanol–water partition coefficient (Wildman–Crippen LogP) is 3.03. The van der Waals surface area contributed by atoms with Crippen molar-refractivity contribution in [3.05, 3.63) is 40.8 Å². The number of hydrogen-bond acceptors (Lipinski definition) is 5. The molecule has 0 aliphatic carbocycles. The van der Waals surface area contributed by atoms with Gasteiger partial charge in [-0.25, -0.2) is 9.97 Å². The van der Waals surface area contributed by atoms with E-state index in [-0.39, 0.29) is 10.7 Å². The summed E-state index contributed by atoms with van der Waals surface area (Å²) in [4.78, 5) is 21.2. The molecule has 0 radical (unpaired) electrons.